The number of nitrogens with zero attached hydrogens (tertiary/aromatic N) is 3. The van der Waals surface area contributed by atoms with Crippen LogP contribution in [-0.4, -0.2) is 28.0 Å². The Balaban J connectivity index is 1.39. The first-order chi connectivity index (χ1) is 12.1. The molecular weight excluding hydrogens is 322 g/mol. The zero-order valence-electron chi connectivity index (χ0n) is 13.2. The van der Waals surface area contributed by atoms with Crippen molar-refractivity contribution in [1.82, 2.24) is 5.01 Å². The van der Waals surface area contributed by atoms with Gasteiger partial charge in [0.25, 0.3) is 17.5 Å². The van der Waals surface area contributed by atoms with Gasteiger partial charge >= 0.3 is 0 Å². The lowest BCUT2D eigenvalue weighted by Crippen LogP contribution is -2.40. The van der Waals surface area contributed by atoms with Crippen LogP contribution in [0.2, 0.25) is 0 Å². The molecule has 0 spiro atoms. The topological polar surface area (TPSA) is 92.9 Å². The second-order valence-corrected chi connectivity index (χ2v) is 7.24. The number of nitro groups is 1. The quantitative estimate of drug-likeness (QED) is 0.277. The Morgan fingerprint density at radius 2 is 1.60 bits per heavy atom. The minimum Gasteiger partial charge on any atom is -0.272 e. The van der Waals surface area contributed by atoms with Crippen molar-refractivity contribution >= 4 is 23.7 Å². The van der Waals surface area contributed by atoms with E-state index in [1.54, 1.807) is 12.1 Å². The van der Waals surface area contributed by atoms with E-state index in [4.69, 9.17) is 0 Å². The van der Waals surface area contributed by atoms with E-state index in [0.29, 0.717) is 17.4 Å². The molecule has 2 bridgehead atoms. The number of amides is 2. The molecule has 1 aromatic carbocycles. The fourth-order valence-electron chi connectivity index (χ4n) is 4.86. The first-order valence-corrected chi connectivity index (χ1v) is 8.41. The lowest BCUT2D eigenvalue weighted by molar-refractivity contribution is -0.384. The Morgan fingerprint density at radius 3 is 2.12 bits per heavy atom. The van der Waals surface area contributed by atoms with E-state index in [0.717, 1.165) is 11.4 Å². The summed E-state index contributed by atoms with van der Waals surface area (Å²) in [4.78, 5) is 35.7. The van der Waals surface area contributed by atoms with Gasteiger partial charge in [-0.1, -0.05) is 12.2 Å². The maximum Gasteiger partial charge on any atom is 0.269 e. The highest BCUT2D eigenvalue weighted by atomic mass is 16.6. The first-order valence-electron chi connectivity index (χ1n) is 8.41. The minimum atomic E-state index is -0.479. The number of hydrogen-bond acceptors (Lipinski definition) is 5. The molecule has 0 radical (unpaired) electrons. The summed E-state index contributed by atoms with van der Waals surface area (Å²) in [5.41, 5.74) is 0.586. The monoisotopic (exact) mass is 337 g/mol. The highest BCUT2D eigenvalue weighted by molar-refractivity contribution is 6.06. The lowest BCUT2D eigenvalue weighted by Gasteiger charge is -2.37. The number of rotatable bonds is 3. The molecule has 7 heteroatoms. The van der Waals surface area contributed by atoms with Crippen LogP contribution in [0, 0.1) is 45.6 Å². The van der Waals surface area contributed by atoms with Gasteiger partial charge < -0.3 is 0 Å². The Morgan fingerprint density at radius 1 is 1.04 bits per heavy atom. The normalized spacial score (nSPS) is 37.5. The predicted octanol–water partition coefficient (Wildman–Crippen LogP) is 1.98. The fraction of sp³-hybridized carbons (Fsp3) is 0.389. The van der Waals surface area contributed by atoms with Crippen molar-refractivity contribution in [2.75, 3.05) is 0 Å². The number of hydrazone groups is 1. The standard InChI is InChI=1S/C18H15N3O4/c22-17-15-11-5-6-12(14-7-13(11)14)16(15)18(23)20(17)19-8-9-1-3-10(4-2-9)21(24)25/h1-6,8,11-16H,7H2. The van der Waals surface area contributed by atoms with Crippen LogP contribution in [0.15, 0.2) is 41.5 Å². The van der Waals surface area contributed by atoms with Crippen molar-refractivity contribution in [3.63, 3.8) is 0 Å². The van der Waals surface area contributed by atoms with Crippen molar-refractivity contribution in [3.05, 3.63) is 52.1 Å². The molecule has 1 heterocycles. The van der Waals surface area contributed by atoms with E-state index in [-0.39, 0.29) is 41.2 Å². The summed E-state index contributed by atoms with van der Waals surface area (Å²) < 4.78 is 0. The van der Waals surface area contributed by atoms with Gasteiger partial charge in [0.15, 0.2) is 0 Å². The molecular formula is C18H15N3O4. The van der Waals surface area contributed by atoms with Crippen LogP contribution in [0.5, 0.6) is 0 Å². The number of carbonyl (C=O) groups excluding carboxylic acids is 2. The number of benzene rings is 1. The molecule has 1 saturated heterocycles. The molecule has 5 aliphatic rings. The Bertz CT molecular complexity index is 824. The third kappa shape index (κ3) is 1.95. The summed E-state index contributed by atoms with van der Waals surface area (Å²) in [7, 11) is 0. The van der Waals surface area contributed by atoms with E-state index in [1.165, 1.54) is 18.3 Å². The first kappa shape index (κ1) is 14.5. The van der Waals surface area contributed by atoms with Gasteiger partial charge in [-0.2, -0.15) is 10.1 Å². The van der Waals surface area contributed by atoms with E-state index in [2.05, 4.69) is 17.3 Å². The van der Waals surface area contributed by atoms with Crippen LogP contribution in [0.3, 0.4) is 0 Å². The second-order valence-electron chi connectivity index (χ2n) is 7.24. The zero-order chi connectivity index (χ0) is 17.3. The molecule has 25 heavy (non-hydrogen) atoms. The number of nitro benzene ring substituents is 1. The summed E-state index contributed by atoms with van der Waals surface area (Å²) in [6.07, 6.45) is 6.78. The van der Waals surface area contributed by atoms with E-state index >= 15 is 0 Å². The number of imide groups is 1. The van der Waals surface area contributed by atoms with E-state index < -0.39 is 4.92 Å². The highest BCUT2D eigenvalue weighted by Gasteiger charge is 2.67. The molecule has 0 aromatic heterocycles. The molecule has 2 saturated carbocycles. The Hall–Kier alpha value is -2.83. The summed E-state index contributed by atoms with van der Waals surface area (Å²) in [5, 5.41) is 15.8. The molecule has 7 nitrogen and oxygen atoms in total. The number of non-ortho nitro benzene ring substituents is 1. The average Bonchev–Trinajstić information content (AvgIpc) is 3.39. The number of carbonyl (C=O) groups is 2. The van der Waals surface area contributed by atoms with Gasteiger partial charge in [-0.05, 0) is 47.8 Å². The van der Waals surface area contributed by atoms with Gasteiger partial charge in [0.2, 0.25) is 0 Å². The summed E-state index contributed by atoms with van der Waals surface area (Å²) in [6.45, 7) is 0. The summed E-state index contributed by atoms with van der Waals surface area (Å²) in [6, 6.07) is 5.82. The number of hydrogen-bond donors (Lipinski definition) is 0. The van der Waals surface area contributed by atoms with Crippen molar-refractivity contribution in [2.45, 2.75) is 6.42 Å². The third-order valence-electron chi connectivity index (χ3n) is 6.07. The van der Waals surface area contributed by atoms with E-state index in [9.17, 15) is 19.7 Å². The second kappa shape index (κ2) is 4.84. The average molecular weight is 337 g/mol. The SMILES string of the molecule is O=C1C2C3C=CC(C4CC34)C2C(=O)N1N=Cc1ccc([N+](=O)[O-])cc1. The molecule has 3 fully saturated rings. The smallest absolute Gasteiger partial charge is 0.269 e. The van der Waals surface area contributed by atoms with Gasteiger partial charge in [0, 0.05) is 12.1 Å². The Kier molecular flexibility index (Phi) is 2.81. The summed E-state index contributed by atoms with van der Waals surface area (Å²) >= 11 is 0. The van der Waals surface area contributed by atoms with Crippen LogP contribution in [0.25, 0.3) is 0 Å². The van der Waals surface area contributed by atoms with Gasteiger partial charge in [0.1, 0.15) is 0 Å². The molecule has 2 amide bonds. The third-order valence-corrected chi connectivity index (χ3v) is 6.07. The molecule has 1 aromatic rings. The molecule has 6 atom stereocenters. The zero-order valence-corrected chi connectivity index (χ0v) is 13.2. The molecule has 4 aliphatic carbocycles. The molecule has 6 rings (SSSR count). The van der Waals surface area contributed by atoms with Gasteiger partial charge in [0.05, 0.1) is 23.0 Å². The summed E-state index contributed by atoms with van der Waals surface area (Å²) in [5.74, 6) is 0.529. The van der Waals surface area contributed by atoms with Crippen molar-refractivity contribution in [1.29, 1.82) is 0 Å². The maximum absolute atomic E-state index is 12.7. The molecule has 126 valence electrons. The molecule has 0 N–H and O–H groups in total. The predicted molar refractivity (Wildman–Crippen MR) is 87.2 cm³/mol. The fourth-order valence-corrected chi connectivity index (χ4v) is 4.86. The maximum atomic E-state index is 12.7. The largest absolute Gasteiger partial charge is 0.272 e. The van der Waals surface area contributed by atoms with Crippen LogP contribution in [-0.2, 0) is 9.59 Å². The molecule has 6 unspecified atom stereocenters. The van der Waals surface area contributed by atoms with Crippen LogP contribution in [0.1, 0.15) is 12.0 Å². The highest BCUT2D eigenvalue weighted by Crippen LogP contribution is 2.65. The lowest BCUT2D eigenvalue weighted by atomic mass is 9.63. The minimum absolute atomic E-state index is 0.0154. The van der Waals surface area contributed by atoms with E-state index in [1.807, 2.05) is 0 Å². The number of allylic oxidation sites excluding steroid dienone is 2. The van der Waals surface area contributed by atoms with Crippen LogP contribution >= 0.6 is 0 Å². The van der Waals surface area contributed by atoms with Crippen molar-refractivity contribution in [3.8, 4) is 0 Å². The van der Waals surface area contributed by atoms with Gasteiger partial charge in [-0.15, -0.1) is 0 Å². The van der Waals surface area contributed by atoms with Crippen molar-refractivity contribution in [2.24, 2.45) is 40.6 Å². The van der Waals surface area contributed by atoms with Crippen LogP contribution < -0.4 is 0 Å². The van der Waals surface area contributed by atoms with Gasteiger partial charge in [-0.3, -0.25) is 19.7 Å². The Labute approximate surface area is 143 Å². The van der Waals surface area contributed by atoms with Crippen LogP contribution in [0.4, 0.5) is 5.69 Å². The van der Waals surface area contributed by atoms with Crippen molar-refractivity contribution < 1.29 is 14.5 Å². The molecule has 1 aliphatic heterocycles. The van der Waals surface area contributed by atoms with Gasteiger partial charge in [-0.25, -0.2) is 0 Å².